The Morgan fingerprint density at radius 2 is 2.12 bits per heavy atom. The lowest BCUT2D eigenvalue weighted by Crippen LogP contribution is -2.44. The third-order valence-corrected chi connectivity index (χ3v) is 2.94. The molecule has 1 aromatic carbocycles. The van der Waals surface area contributed by atoms with Crippen molar-refractivity contribution in [3.8, 4) is 0 Å². The molecule has 0 aliphatic heterocycles. The highest BCUT2D eigenvalue weighted by molar-refractivity contribution is 5.27. The van der Waals surface area contributed by atoms with Gasteiger partial charge < -0.3 is 10.4 Å². The molecule has 0 bridgehead atoms. The van der Waals surface area contributed by atoms with Crippen molar-refractivity contribution in [1.29, 1.82) is 0 Å². The maximum Gasteiger partial charge on any atom is 0.131 e. The van der Waals surface area contributed by atoms with E-state index >= 15 is 0 Å². The second-order valence-electron chi connectivity index (χ2n) is 4.53. The molecule has 0 radical (unpaired) electrons. The molecule has 2 nitrogen and oxygen atoms in total. The maximum atomic E-state index is 13.6. The van der Waals surface area contributed by atoms with Crippen LogP contribution in [0.4, 0.5) is 8.78 Å². The maximum absolute atomic E-state index is 13.6. The zero-order valence-electron chi connectivity index (χ0n) is 9.13. The summed E-state index contributed by atoms with van der Waals surface area (Å²) in [5.74, 6) is -1.22. The zero-order valence-corrected chi connectivity index (χ0v) is 9.13. The summed E-state index contributed by atoms with van der Waals surface area (Å²) in [6, 6.07) is 3.77. The molecule has 1 saturated carbocycles. The smallest absolute Gasteiger partial charge is 0.131 e. The summed E-state index contributed by atoms with van der Waals surface area (Å²) in [6.07, 6.45) is 2.08. The molecule has 2 rings (SSSR count). The van der Waals surface area contributed by atoms with Gasteiger partial charge in [0.1, 0.15) is 11.6 Å². The van der Waals surface area contributed by atoms with Crippen molar-refractivity contribution >= 4 is 0 Å². The first-order chi connectivity index (χ1) is 7.55. The number of nitrogens with one attached hydrogen (secondary N) is 1. The Morgan fingerprint density at radius 3 is 2.62 bits per heavy atom. The fourth-order valence-electron chi connectivity index (χ4n) is 1.82. The van der Waals surface area contributed by atoms with Crippen LogP contribution in [0.3, 0.4) is 0 Å². The highest BCUT2D eigenvalue weighted by Crippen LogP contribution is 2.29. The molecule has 0 amide bonds. The van der Waals surface area contributed by atoms with Gasteiger partial charge in [0.2, 0.25) is 0 Å². The van der Waals surface area contributed by atoms with Crippen molar-refractivity contribution < 1.29 is 13.9 Å². The van der Waals surface area contributed by atoms with E-state index in [1.165, 1.54) is 12.1 Å². The number of aliphatic hydroxyl groups is 1. The first-order valence-corrected chi connectivity index (χ1v) is 5.39. The van der Waals surface area contributed by atoms with Crippen LogP contribution >= 0.6 is 0 Å². The second kappa shape index (κ2) is 4.11. The van der Waals surface area contributed by atoms with Crippen LogP contribution in [0.2, 0.25) is 0 Å². The lowest BCUT2D eigenvalue weighted by Gasteiger charge is -2.30. The van der Waals surface area contributed by atoms with E-state index in [4.69, 9.17) is 0 Å². The molecule has 1 aliphatic rings. The molecule has 0 aromatic heterocycles. The molecule has 1 unspecified atom stereocenters. The zero-order chi connectivity index (χ0) is 11.8. The number of benzene rings is 1. The predicted octanol–water partition coefficient (Wildman–Crippen LogP) is 1.92. The molecular weight excluding hydrogens is 212 g/mol. The van der Waals surface area contributed by atoms with Crippen molar-refractivity contribution in [2.75, 3.05) is 6.61 Å². The van der Waals surface area contributed by atoms with Gasteiger partial charge in [0.05, 0.1) is 12.1 Å². The van der Waals surface area contributed by atoms with Crippen molar-refractivity contribution in [3.63, 3.8) is 0 Å². The Kier molecular flexibility index (Phi) is 2.95. The molecule has 0 heterocycles. The summed E-state index contributed by atoms with van der Waals surface area (Å²) < 4.78 is 26.4. The highest BCUT2D eigenvalue weighted by Gasteiger charge is 2.35. The topological polar surface area (TPSA) is 32.3 Å². The fourth-order valence-corrected chi connectivity index (χ4v) is 1.82. The molecule has 1 fully saturated rings. The summed E-state index contributed by atoms with van der Waals surface area (Å²) in [6.45, 7) is 1.51. The molecule has 1 aliphatic carbocycles. The Morgan fingerprint density at radius 1 is 1.44 bits per heavy atom. The summed E-state index contributed by atoms with van der Waals surface area (Å²) in [5.41, 5.74) is -0.526. The van der Waals surface area contributed by atoms with Crippen molar-refractivity contribution in [2.24, 2.45) is 0 Å². The van der Waals surface area contributed by atoms with Gasteiger partial charge in [-0.1, -0.05) is 6.07 Å². The first kappa shape index (κ1) is 11.5. The summed E-state index contributed by atoms with van der Waals surface area (Å²) in [4.78, 5) is 0. The highest BCUT2D eigenvalue weighted by atomic mass is 19.1. The lowest BCUT2D eigenvalue weighted by molar-refractivity contribution is 0.169. The number of rotatable bonds is 4. The molecule has 0 spiro atoms. The third-order valence-electron chi connectivity index (χ3n) is 2.94. The molecule has 1 atom stereocenters. The van der Waals surface area contributed by atoms with Gasteiger partial charge in [0.15, 0.2) is 0 Å². The van der Waals surface area contributed by atoms with E-state index in [1.54, 1.807) is 6.92 Å². The summed E-state index contributed by atoms with van der Waals surface area (Å²) >= 11 is 0. The third kappa shape index (κ3) is 2.23. The molecule has 16 heavy (non-hydrogen) atoms. The number of hydrogen-bond donors (Lipinski definition) is 2. The monoisotopic (exact) mass is 227 g/mol. The van der Waals surface area contributed by atoms with Gasteiger partial charge in [-0.25, -0.2) is 8.78 Å². The molecule has 1 aromatic rings. The van der Waals surface area contributed by atoms with Crippen LogP contribution in [0.15, 0.2) is 18.2 Å². The van der Waals surface area contributed by atoms with Gasteiger partial charge in [0, 0.05) is 17.7 Å². The predicted molar refractivity (Wildman–Crippen MR) is 57.0 cm³/mol. The molecular formula is C12H15F2NO. The van der Waals surface area contributed by atoms with Crippen LogP contribution in [0, 0.1) is 11.6 Å². The van der Waals surface area contributed by atoms with Crippen LogP contribution in [0.25, 0.3) is 0 Å². The van der Waals surface area contributed by atoms with E-state index < -0.39 is 17.2 Å². The quantitative estimate of drug-likeness (QED) is 0.823. The van der Waals surface area contributed by atoms with Crippen LogP contribution in [-0.4, -0.2) is 17.8 Å². The van der Waals surface area contributed by atoms with Gasteiger partial charge in [0.25, 0.3) is 0 Å². The Labute approximate surface area is 93.3 Å². The van der Waals surface area contributed by atoms with Crippen molar-refractivity contribution in [1.82, 2.24) is 5.32 Å². The molecule has 4 heteroatoms. The number of halogens is 2. The van der Waals surface area contributed by atoms with Gasteiger partial charge in [-0.3, -0.25) is 0 Å². The van der Waals surface area contributed by atoms with Crippen LogP contribution in [0.1, 0.15) is 25.3 Å². The number of hydrogen-bond acceptors (Lipinski definition) is 2. The summed E-state index contributed by atoms with van der Waals surface area (Å²) in [7, 11) is 0. The van der Waals surface area contributed by atoms with E-state index in [0.717, 1.165) is 18.9 Å². The summed E-state index contributed by atoms with van der Waals surface area (Å²) in [5, 5.41) is 12.6. The van der Waals surface area contributed by atoms with Gasteiger partial charge in [-0.15, -0.1) is 0 Å². The van der Waals surface area contributed by atoms with E-state index in [1.807, 2.05) is 0 Å². The largest absolute Gasteiger partial charge is 0.394 e. The Bertz CT molecular complexity index is 393. The van der Waals surface area contributed by atoms with Crippen LogP contribution < -0.4 is 5.32 Å². The van der Waals surface area contributed by atoms with Gasteiger partial charge >= 0.3 is 0 Å². The fraction of sp³-hybridized carbons (Fsp3) is 0.500. The Balaban J connectivity index is 2.30. The van der Waals surface area contributed by atoms with Crippen molar-refractivity contribution in [3.05, 3.63) is 35.4 Å². The van der Waals surface area contributed by atoms with E-state index in [2.05, 4.69) is 5.32 Å². The standard InChI is InChI=1S/C12H15F2NO/c1-12(7-16,15-9-3-4-9)10-5-2-8(13)6-11(10)14/h2,5-6,9,15-16H,3-4,7H2,1H3. The van der Waals surface area contributed by atoms with Crippen LogP contribution in [-0.2, 0) is 5.54 Å². The minimum atomic E-state index is -0.834. The van der Waals surface area contributed by atoms with Crippen molar-refractivity contribution in [2.45, 2.75) is 31.3 Å². The minimum absolute atomic E-state index is 0.216. The average molecular weight is 227 g/mol. The normalized spacial score (nSPS) is 19.5. The molecule has 88 valence electrons. The number of aliphatic hydroxyl groups excluding tert-OH is 1. The molecule has 0 saturated heterocycles. The van der Waals surface area contributed by atoms with E-state index in [9.17, 15) is 13.9 Å². The van der Waals surface area contributed by atoms with Gasteiger partial charge in [-0.05, 0) is 25.8 Å². The van der Waals surface area contributed by atoms with Gasteiger partial charge in [-0.2, -0.15) is 0 Å². The average Bonchev–Trinajstić information content (AvgIpc) is 3.01. The van der Waals surface area contributed by atoms with Crippen LogP contribution in [0.5, 0.6) is 0 Å². The first-order valence-electron chi connectivity index (χ1n) is 5.39. The second-order valence-corrected chi connectivity index (χ2v) is 4.53. The molecule has 2 N–H and O–H groups in total. The van der Waals surface area contributed by atoms with E-state index in [-0.39, 0.29) is 6.61 Å². The Hall–Kier alpha value is -1.00. The van der Waals surface area contributed by atoms with E-state index in [0.29, 0.717) is 11.6 Å². The minimum Gasteiger partial charge on any atom is -0.394 e. The SMILES string of the molecule is CC(CO)(NC1CC1)c1ccc(F)cc1F. The lowest BCUT2D eigenvalue weighted by atomic mass is 9.92.